The predicted molar refractivity (Wildman–Crippen MR) is 129 cm³/mol. The Morgan fingerprint density at radius 3 is 2.62 bits per heavy atom. The lowest BCUT2D eigenvalue weighted by Crippen LogP contribution is -2.37. The lowest BCUT2D eigenvalue weighted by atomic mass is 10.1. The van der Waals surface area contributed by atoms with Crippen LogP contribution in [0.15, 0.2) is 96.1 Å². The van der Waals surface area contributed by atoms with Gasteiger partial charge in [0.05, 0.1) is 16.5 Å². The highest BCUT2D eigenvalue weighted by Gasteiger charge is 2.35. The smallest absolute Gasteiger partial charge is 0.335 e. The number of aryl methyl sites for hydroxylation is 1. The van der Waals surface area contributed by atoms with E-state index in [1.165, 1.54) is 12.1 Å². The number of aromatic carboxylic acids is 1. The van der Waals surface area contributed by atoms with E-state index in [2.05, 4.69) is 13.2 Å². The van der Waals surface area contributed by atoms with Crippen LogP contribution in [0.4, 0.5) is 5.82 Å². The molecule has 4 rings (SSSR count). The Morgan fingerprint density at radius 1 is 1.22 bits per heavy atom. The number of rotatable bonds is 6. The molecule has 5 nitrogen and oxygen atoms in total. The van der Waals surface area contributed by atoms with E-state index in [9.17, 15) is 14.1 Å². The topological polar surface area (TPSA) is 70.5 Å². The number of fused-ring (bicyclic) bond motifs is 1. The average molecular weight is 445 g/mol. The summed E-state index contributed by atoms with van der Waals surface area (Å²) in [5.74, 6) is -0.381. The fraction of sp³-hybridized carbons (Fsp3) is 0.154. The van der Waals surface area contributed by atoms with Gasteiger partial charge in [0.2, 0.25) is 0 Å². The van der Waals surface area contributed by atoms with Gasteiger partial charge in [0.1, 0.15) is 5.82 Å². The fourth-order valence-corrected chi connectivity index (χ4v) is 5.52. The van der Waals surface area contributed by atoms with Gasteiger partial charge in [-0.1, -0.05) is 49.6 Å². The summed E-state index contributed by atoms with van der Waals surface area (Å²) < 4.78 is 15.8. The number of carbonyl (C=O) groups is 1. The van der Waals surface area contributed by atoms with Crippen LogP contribution in [0.1, 0.15) is 28.8 Å². The minimum absolute atomic E-state index is 0.152. The molecule has 0 saturated heterocycles. The molecule has 2 aromatic carbocycles. The van der Waals surface area contributed by atoms with Crippen molar-refractivity contribution in [2.45, 2.75) is 30.7 Å². The van der Waals surface area contributed by atoms with Gasteiger partial charge in [-0.15, -0.1) is 0 Å². The van der Waals surface area contributed by atoms with Gasteiger partial charge >= 0.3 is 5.97 Å². The highest BCUT2D eigenvalue weighted by Crippen LogP contribution is 2.39. The summed E-state index contributed by atoms with van der Waals surface area (Å²) in [6.07, 6.45) is 7.00. The van der Waals surface area contributed by atoms with Crippen LogP contribution in [0.25, 0.3) is 10.8 Å². The molecule has 0 radical (unpaired) electrons. The second kappa shape index (κ2) is 8.93. The van der Waals surface area contributed by atoms with E-state index in [-0.39, 0.29) is 11.6 Å². The second-order valence-electron chi connectivity index (χ2n) is 7.71. The Kier molecular flexibility index (Phi) is 6.06. The van der Waals surface area contributed by atoms with E-state index < -0.39 is 17.0 Å². The molecular formula is C26H24N2O3S. The van der Waals surface area contributed by atoms with Crippen LogP contribution in [0.2, 0.25) is 0 Å². The van der Waals surface area contributed by atoms with Crippen LogP contribution in [0, 0.1) is 6.92 Å². The summed E-state index contributed by atoms with van der Waals surface area (Å²) in [6.45, 7) is 10.0. The molecule has 2 atom stereocenters. The first-order chi connectivity index (χ1) is 15.4. The standard InChI is InChI=1S/C26H24N2O3S/c1-4-7-22-17(2)10-15-24(22)28(32(31)21-13-11-19(12-14-21)26(29)30)25-18(3)23-9-6-5-8-20(23)16-27-25/h4-9,11-14,16,24H,1-2,10,15H2,3H3,(H,29,30)/b22-7+/t24-,32?/m0/s1. The van der Waals surface area contributed by atoms with Crippen LogP contribution in [0.5, 0.6) is 0 Å². The monoisotopic (exact) mass is 444 g/mol. The largest absolute Gasteiger partial charge is 0.478 e. The Bertz CT molecular complexity index is 1280. The first-order valence-electron chi connectivity index (χ1n) is 10.3. The molecule has 0 aliphatic heterocycles. The van der Waals surface area contributed by atoms with Gasteiger partial charge < -0.3 is 5.11 Å². The van der Waals surface area contributed by atoms with Crippen LogP contribution < -0.4 is 4.31 Å². The lowest BCUT2D eigenvalue weighted by molar-refractivity contribution is 0.0697. The Hall–Kier alpha value is -3.51. The summed E-state index contributed by atoms with van der Waals surface area (Å²) in [5, 5.41) is 11.3. The van der Waals surface area contributed by atoms with Gasteiger partial charge in [-0.3, -0.25) is 4.31 Å². The van der Waals surface area contributed by atoms with Gasteiger partial charge in [-0.25, -0.2) is 14.0 Å². The number of hydrogen-bond acceptors (Lipinski definition) is 3. The Balaban J connectivity index is 1.87. The molecule has 0 amide bonds. The predicted octanol–water partition coefficient (Wildman–Crippen LogP) is 5.60. The third kappa shape index (κ3) is 3.89. The first kappa shape index (κ1) is 21.7. The molecule has 3 aromatic rings. The van der Waals surface area contributed by atoms with Gasteiger partial charge in [-0.2, -0.15) is 0 Å². The number of carboxylic acids is 1. The van der Waals surface area contributed by atoms with Gasteiger partial charge in [0, 0.05) is 17.1 Å². The van der Waals surface area contributed by atoms with Crippen molar-refractivity contribution in [1.82, 2.24) is 4.98 Å². The van der Waals surface area contributed by atoms with Crippen molar-refractivity contribution in [2.24, 2.45) is 0 Å². The molecule has 1 heterocycles. The summed E-state index contributed by atoms with van der Waals surface area (Å²) >= 11 is 0. The number of aromatic nitrogens is 1. The molecule has 0 spiro atoms. The number of pyridine rings is 1. The zero-order chi connectivity index (χ0) is 22.8. The number of carboxylic acid groups (broad SMARTS) is 1. The maximum absolute atomic E-state index is 13.9. The van der Waals surface area contributed by atoms with E-state index >= 15 is 0 Å². The van der Waals surface area contributed by atoms with Crippen LogP contribution in [-0.2, 0) is 11.0 Å². The van der Waals surface area contributed by atoms with Crippen LogP contribution >= 0.6 is 0 Å². The number of benzene rings is 2. The van der Waals surface area contributed by atoms with Crippen molar-refractivity contribution in [3.8, 4) is 0 Å². The Morgan fingerprint density at radius 2 is 1.94 bits per heavy atom. The molecule has 0 bridgehead atoms. The molecule has 1 saturated carbocycles. The summed E-state index contributed by atoms with van der Waals surface area (Å²) in [4.78, 5) is 16.5. The summed E-state index contributed by atoms with van der Waals surface area (Å²) in [7, 11) is -1.61. The molecule has 1 aliphatic rings. The van der Waals surface area contributed by atoms with E-state index in [1.54, 1.807) is 24.4 Å². The van der Waals surface area contributed by atoms with E-state index in [0.717, 1.165) is 40.3 Å². The minimum Gasteiger partial charge on any atom is -0.478 e. The minimum atomic E-state index is -1.61. The van der Waals surface area contributed by atoms with E-state index in [1.807, 2.05) is 41.6 Å². The quantitative estimate of drug-likeness (QED) is 0.537. The first-order valence-corrected chi connectivity index (χ1v) is 11.4. The summed E-state index contributed by atoms with van der Waals surface area (Å²) in [6, 6.07) is 13.9. The second-order valence-corrected chi connectivity index (χ2v) is 9.08. The highest BCUT2D eigenvalue weighted by molar-refractivity contribution is 7.86. The van der Waals surface area contributed by atoms with Crippen molar-refractivity contribution in [3.63, 3.8) is 0 Å². The molecule has 32 heavy (non-hydrogen) atoms. The molecule has 1 N–H and O–H groups in total. The van der Waals surface area contributed by atoms with Crippen molar-refractivity contribution < 1.29 is 14.1 Å². The zero-order valence-electron chi connectivity index (χ0n) is 17.8. The van der Waals surface area contributed by atoms with Crippen LogP contribution in [-0.4, -0.2) is 26.3 Å². The third-order valence-electron chi connectivity index (χ3n) is 5.78. The number of allylic oxidation sites excluding steroid dienone is 2. The molecule has 1 aliphatic carbocycles. The van der Waals surface area contributed by atoms with Crippen molar-refractivity contribution in [3.05, 3.63) is 102 Å². The van der Waals surface area contributed by atoms with Crippen molar-refractivity contribution in [1.29, 1.82) is 0 Å². The normalized spacial score (nSPS) is 18.1. The van der Waals surface area contributed by atoms with Gasteiger partial charge in [-0.05, 0) is 60.6 Å². The zero-order valence-corrected chi connectivity index (χ0v) is 18.6. The molecule has 6 heteroatoms. The molecule has 1 fully saturated rings. The number of anilines is 1. The van der Waals surface area contributed by atoms with Crippen molar-refractivity contribution >= 4 is 33.5 Å². The average Bonchev–Trinajstić information content (AvgIpc) is 3.16. The Labute approximate surface area is 190 Å². The molecule has 162 valence electrons. The number of nitrogens with zero attached hydrogens (tertiary/aromatic N) is 2. The van der Waals surface area contributed by atoms with Crippen molar-refractivity contribution in [2.75, 3.05) is 4.31 Å². The lowest BCUT2D eigenvalue weighted by Gasteiger charge is -2.31. The van der Waals surface area contributed by atoms with Gasteiger partial charge in [0.25, 0.3) is 0 Å². The highest BCUT2D eigenvalue weighted by atomic mass is 32.2. The third-order valence-corrected chi connectivity index (χ3v) is 7.24. The molecule has 1 aromatic heterocycles. The van der Waals surface area contributed by atoms with E-state index in [4.69, 9.17) is 4.98 Å². The van der Waals surface area contributed by atoms with Crippen LogP contribution in [0.3, 0.4) is 0 Å². The SMILES string of the molecule is C=C/C=C1\C(=C)CC[C@@H]1N(c1ncc2ccccc2c1C)S(=O)c1ccc(C(=O)O)cc1. The number of hydrogen-bond donors (Lipinski definition) is 1. The maximum Gasteiger partial charge on any atom is 0.335 e. The summed E-state index contributed by atoms with van der Waals surface area (Å²) in [5.41, 5.74) is 3.08. The maximum atomic E-state index is 13.9. The fourth-order valence-electron chi connectivity index (χ4n) is 4.14. The molecule has 1 unspecified atom stereocenters. The van der Waals surface area contributed by atoms with Gasteiger partial charge in [0.15, 0.2) is 11.0 Å². The van der Waals surface area contributed by atoms with E-state index in [0.29, 0.717) is 10.7 Å². The molecular weight excluding hydrogens is 420 g/mol.